The first-order valence-electron chi connectivity index (χ1n) is 7.82. The number of nitrogens with zero attached hydrogens (tertiary/aromatic N) is 3. The van der Waals surface area contributed by atoms with Gasteiger partial charge in [0.2, 0.25) is 0 Å². The summed E-state index contributed by atoms with van der Waals surface area (Å²) in [5.41, 5.74) is 2.14. The molecule has 0 aliphatic carbocycles. The van der Waals surface area contributed by atoms with Crippen molar-refractivity contribution in [3.05, 3.63) is 53.1 Å². The van der Waals surface area contributed by atoms with E-state index in [1.165, 1.54) is 5.56 Å². The number of nitrogens with one attached hydrogen (secondary N) is 1. The van der Waals surface area contributed by atoms with E-state index in [4.69, 9.17) is 11.6 Å². The molecule has 0 aliphatic heterocycles. The van der Waals surface area contributed by atoms with E-state index in [0.717, 1.165) is 36.6 Å². The third-order valence-corrected chi connectivity index (χ3v) is 3.78. The molecule has 0 saturated carbocycles. The van der Waals surface area contributed by atoms with Gasteiger partial charge in [0.15, 0.2) is 0 Å². The molecule has 1 heterocycles. The Morgan fingerprint density at radius 3 is 2.78 bits per heavy atom. The number of rotatable bonds is 7. The van der Waals surface area contributed by atoms with Gasteiger partial charge in [-0.05, 0) is 24.1 Å². The van der Waals surface area contributed by atoms with E-state index in [2.05, 4.69) is 17.2 Å². The van der Waals surface area contributed by atoms with Gasteiger partial charge >= 0.3 is 6.03 Å². The molecule has 0 unspecified atom stereocenters. The van der Waals surface area contributed by atoms with Gasteiger partial charge in [0.05, 0.1) is 12.0 Å². The van der Waals surface area contributed by atoms with E-state index in [9.17, 15) is 4.79 Å². The zero-order chi connectivity index (χ0) is 16.7. The highest BCUT2D eigenvalue weighted by molar-refractivity contribution is 6.30. The Kier molecular flexibility index (Phi) is 6.47. The summed E-state index contributed by atoms with van der Waals surface area (Å²) in [6.07, 6.45) is 5.50. The lowest BCUT2D eigenvalue weighted by atomic mass is 10.2. The molecule has 1 aromatic carbocycles. The number of amides is 2. The van der Waals surface area contributed by atoms with Crippen molar-refractivity contribution >= 4 is 17.6 Å². The number of carbonyl (C=O) groups is 1. The second-order valence-corrected chi connectivity index (χ2v) is 6.00. The summed E-state index contributed by atoms with van der Waals surface area (Å²) in [6.45, 7) is 4.17. The Labute approximate surface area is 142 Å². The fourth-order valence-electron chi connectivity index (χ4n) is 2.29. The van der Waals surface area contributed by atoms with Crippen LogP contribution in [-0.4, -0.2) is 40.6 Å². The Balaban J connectivity index is 1.78. The van der Waals surface area contributed by atoms with E-state index >= 15 is 0 Å². The van der Waals surface area contributed by atoms with Crippen LogP contribution < -0.4 is 5.32 Å². The van der Waals surface area contributed by atoms with Crippen LogP contribution >= 0.6 is 11.6 Å². The van der Waals surface area contributed by atoms with E-state index in [1.54, 1.807) is 11.9 Å². The van der Waals surface area contributed by atoms with Gasteiger partial charge in [-0.2, -0.15) is 0 Å². The summed E-state index contributed by atoms with van der Waals surface area (Å²) in [6, 6.07) is 7.75. The molecule has 2 aromatic rings. The topological polar surface area (TPSA) is 50.2 Å². The van der Waals surface area contributed by atoms with E-state index in [1.807, 2.05) is 41.4 Å². The van der Waals surface area contributed by atoms with Crippen molar-refractivity contribution in [2.75, 3.05) is 20.1 Å². The second-order valence-electron chi connectivity index (χ2n) is 5.57. The normalized spacial score (nSPS) is 10.6. The molecular formula is C17H23ClN4O. The highest BCUT2D eigenvalue weighted by atomic mass is 35.5. The Bertz CT molecular complexity index is 624. The van der Waals surface area contributed by atoms with Gasteiger partial charge < -0.3 is 14.8 Å². The molecule has 0 atom stereocenters. The molecule has 124 valence electrons. The zero-order valence-corrected chi connectivity index (χ0v) is 14.4. The smallest absolute Gasteiger partial charge is 0.317 e. The SMILES string of the molecule is CCCN(C)C(=O)NCCc1cn(Cc2ccc(Cl)cc2)cn1. The molecular weight excluding hydrogens is 312 g/mol. The summed E-state index contributed by atoms with van der Waals surface area (Å²) >= 11 is 5.89. The first kappa shape index (κ1) is 17.3. The Morgan fingerprint density at radius 1 is 1.35 bits per heavy atom. The minimum absolute atomic E-state index is 0.0348. The minimum Gasteiger partial charge on any atom is -0.338 e. The lowest BCUT2D eigenvalue weighted by molar-refractivity contribution is 0.209. The number of aromatic nitrogens is 2. The number of hydrogen-bond donors (Lipinski definition) is 1. The molecule has 0 aliphatic rings. The average Bonchev–Trinajstić information content (AvgIpc) is 2.97. The van der Waals surface area contributed by atoms with Crippen LogP contribution in [0.1, 0.15) is 24.6 Å². The lowest BCUT2D eigenvalue weighted by Gasteiger charge is -2.16. The predicted molar refractivity (Wildman–Crippen MR) is 92.8 cm³/mol. The van der Waals surface area contributed by atoms with Crippen molar-refractivity contribution in [2.24, 2.45) is 0 Å². The number of carbonyl (C=O) groups excluding carboxylic acids is 1. The standard InChI is InChI=1S/C17H23ClN4O/c1-3-10-21(2)17(23)19-9-8-16-12-22(13-20-16)11-14-4-6-15(18)7-5-14/h4-7,12-13H,3,8-11H2,1-2H3,(H,19,23). The highest BCUT2D eigenvalue weighted by Gasteiger charge is 2.06. The molecule has 0 fully saturated rings. The van der Waals surface area contributed by atoms with Crippen molar-refractivity contribution in [1.82, 2.24) is 19.8 Å². The highest BCUT2D eigenvalue weighted by Crippen LogP contribution is 2.11. The van der Waals surface area contributed by atoms with Gasteiger partial charge in [-0.15, -0.1) is 0 Å². The summed E-state index contributed by atoms with van der Waals surface area (Å²) in [5, 5.41) is 3.64. The van der Waals surface area contributed by atoms with Crippen molar-refractivity contribution in [3.8, 4) is 0 Å². The lowest BCUT2D eigenvalue weighted by Crippen LogP contribution is -2.38. The molecule has 0 radical (unpaired) electrons. The van der Waals surface area contributed by atoms with Gasteiger partial charge in [0.25, 0.3) is 0 Å². The minimum atomic E-state index is -0.0348. The largest absolute Gasteiger partial charge is 0.338 e. The molecule has 1 aromatic heterocycles. The maximum Gasteiger partial charge on any atom is 0.317 e. The van der Waals surface area contributed by atoms with Crippen molar-refractivity contribution in [1.29, 1.82) is 0 Å². The first-order valence-corrected chi connectivity index (χ1v) is 8.20. The van der Waals surface area contributed by atoms with Crippen LogP contribution in [0.2, 0.25) is 5.02 Å². The fraction of sp³-hybridized carbons (Fsp3) is 0.412. The van der Waals surface area contributed by atoms with E-state index < -0.39 is 0 Å². The maximum atomic E-state index is 11.8. The van der Waals surface area contributed by atoms with Gasteiger partial charge in [0, 0.05) is 44.3 Å². The maximum absolute atomic E-state index is 11.8. The first-order chi connectivity index (χ1) is 11.1. The number of halogens is 1. The fourth-order valence-corrected chi connectivity index (χ4v) is 2.42. The van der Waals surface area contributed by atoms with Gasteiger partial charge in [-0.1, -0.05) is 30.7 Å². The number of imidazole rings is 1. The van der Waals surface area contributed by atoms with Crippen molar-refractivity contribution < 1.29 is 4.79 Å². The van der Waals surface area contributed by atoms with E-state index in [0.29, 0.717) is 6.54 Å². The van der Waals surface area contributed by atoms with Gasteiger partial charge in [-0.25, -0.2) is 9.78 Å². The van der Waals surface area contributed by atoms with Crippen molar-refractivity contribution in [3.63, 3.8) is 0 Å². The molecule has 23 heavy (non-hydrogen) atoms. The summed E-state index contributed by atoms with van der Waals surface area (Å²) in [4.78, 5) is 17.8. The molecule has 2 rings (SSSR count). The van der Waals surface area contributed by atoms with E-state index in [-0.39, 0.29) is 6.03 Å². The molecule has 5 nitrogen and oxygen atoms in total. The molecule has 0 bridgehead atoms. The summed E-state index contributed by atoms with van der Waals surface area (Å²) in [7, 11) is 1.81. The molecule has 2 amide bonds. The monoisotopic (exact) mass is 334 g/mol. The predicted octanol–water partition coefficient (Wildman–Crippen LogP) is 3.18. The van der Waals surface area contributed by atoms with Crippen LogP contribution in [0, 0.1) is 0 Å². The molecule has 1 N–H and O–H groups in total. The molecule has 0 spiro atoms. The van der Waals surface area contributed by atoms with Gasteiger partial charge in [0.1, 0.15) is 0 Å². The van der Waals surface area contributed by atoms with Crippen LogP contribution in [0.3, 0.4) is 0 Å². The third-order valence-electron chi connectivity index (χ3n) is 3.53. The van der Waals surface area contributed by atoms with Crippen LogP contribution in [0.4, 0.5) is 4.79 Å². The number of benzene rings is 1. The average molecular weight is 335 g/mol. The van der Waals surface area contributed by atoms with Crippen LogP contribution in [0.25, 0.3) is 0 Å². The number of urea groups is 1. The van der Waals surface area contributed by atoms with Crippen LogP contribution in [-0.2, 0) is 13.0 Å². The Morgan fingerprint density at radius 2 is 2.09 bits per heavy atom. The summed E-state index contributed by atoms with van der Waals surface area (Å²) in [5.74, 6) is 0. The molecule has 6 heteroatoms. The van der Waals surface area contributed by atoms with Crippen molar-refractivity contribution in [2.45, 2.75) is 26.3 Å². The third kappa shape index (κ3) is 5.60. The number of hydrogen-bond acceptors (Lipinski definition) is 2. The Hall–Kier alpha value is -2.01. The summed E-state index contributed by atoms with van der Waals surface area (Å²) < 4.78 is 2.03. The van der Waals surface area contributed by atoms with Crippen LogP contribution in [0.15, 0.2) is 36.8 Å². The second kappa shape index (κ2) is 8.58. The van der Waals surface area contributed by atoms with Crippen LogP contribution in [0.5, 0.6) is 0 Å². The zero-order valence-electron chi connectivity index (χ0n) is 13.6. The van der Waals surface area contributed by atoms with Gasteiger partial charge in [-0.3, -0.25) is 0 Å². The molecule has 0 saturated heterocycles. The quantitative estimate of drug-likeness (QED) is 0.845.